The highest BCUT2D eigenvalue weighted by molar-refractivity contribution is 9.10. The van der Waals surface area contributed by atoms with Crippen molar-refractivity contribution in [3.63, 3.8) is 0 Å². The SMILES string of the molecule is O=C(CN1C(=O)c2ccc(Br)cc2C1=O)N1CCN(c2ccc3ccccc3n2)CC1. The molecule has 5 rings (SSSR count). The van der Waals surface area contributed by atoms with Crippen molar-refractivity contribution in [3.8, 4) is 0 Å². The normalized spacial score (nSPS) is 16.2. The third kappa shape index (κ3) is 3.57. The van der Waals surface area contributed by atoms with Crippen molar-refractivity contribution in [2.75, 3.05) is 37.6 Å². The zero-order chi connectivity index (χ0) is 21.5. The van der Waals surface area contributed by atoms with E-state index in [1.807, 2.05) is 30.3 Å². The van der Waals surface area contributed by atoms with Crippen LogP contribution in [0, 0.1) is 0 Å². The molecule has 0 N–H and O–H groups in total. The second-order valence-corrected chi connectivity index (χ2v) is 8.53. The summed E-state index contributed by atoms with van der Waals surface area (Å²) in [6, 6.07) is 17.0. The van der Waals surface area contributed by atoms with Crippen molar-refractivity contribution in [2.24, 2.45) is 0 Å². The number of anilines is 1. The maximum Gasteiger partial charge on any atom is 0.262 e. The van der Waals surface area contributed by atoms with Crippen LogP contribution in [0.2, 0.25) is 0 Å². The van der Waals surface area contributed by atoms with Gasteiger partial charge in [0.15, 0.2) is 0 Å². The Balaban J connectivity index is 1.23. The topological polar surface area (TPSA) is 73.8 Å². The monoisotopic (exact) mass is 478 g/mol. The number of nitrogens with zero attached hydrogens (tertiary/aromatic N) is 4. The molecular formula is C23H19BrN4O3. The van der Waals surface area contributed by atoms with Gasteiger partial charge in [-0.15, -0.1) is 0 Å². The molecule has 2 aliphatic rings. The standard InChI is InChI=1S/C23H19BrN4O3/c24-16-6-7-17-18(13-16)23(31)28(22(17)30)14-21(29)27-11-9-26(10-12-27)20-8-5-15-3-1-2-4-19(15)25-20/h1-8,13H,9-12,14H2. The minimum Gasteiger partial charge on any atom is -0.353 e. The number of aromatic nitrogens is 1. The van der Waals surface area contributed by atoms with Gasteiger partial charge in [-0.05, 0) is 36.4 Å². The van der Waals surface area contributed by atoms with E-state index in [-0.39, 0.29) is 12.5 Å². The minimum absolute atomic E-state index is 0.223. The van der Waals surface area contributed by atoms with Gasteiger partial charge in [-0.1, -0.05) is 34.1 Å². The van der Waals surface area contributed by atoms with E-state index in [2.05, 4.69) is 26.9 Å². The van der Waals surface area contributed by atoms with Crippen LogP contribution in [0.25, 0.3) is 10.9 Å². The molecule has 0 aliphatic carbocycles. The molecule has 3 amide bonds. The van der Waals surface area contributed by atoms with Crippen LogP contribution in [0.15, 0.2) is 59.1 Å². The van der Waals surface area contributed by atoms with Crippen LogP contribution in [-0.2, 0) is 4.79 Å². The molecule has 1 aromatic heterocycles. The highest BCUT2D eigenvalue weighted by Gasteiger charge is 2.37. The third-order valence-corrected chi connectivity index (χ3v) is 6.26. The van der Waals surface area contributed by atoms with Gasteiger partial charge in [0.05, 0.1) is 16.6 Å². The average molecular weight is 479 g/mol. The predicted molar refractivity (Wildman–Crippen MR) is 120 cm³/mol. The Kier molecular flexibility index (Phi) is 4.94. The Hall–Kier alpha value is -3.26. The summed E-state index contributed by atoms with van der Waals surface area (Å²) in [6.07, 6.45) is 0. The molecule has 8 heteroatoms. The Labute approximate surface area is 187 Å². The van der Waals surface area contributed by atoms with Crippen LogP contribution < -0.4 is 4.90 Å². The molecule has 2 aliphatic heterocycles. The zero-order valence-electron chi connectivity index (χ0n) is 16.6. The van der Waals surface area contributed by atoms with Gasteiger partial charge >= 0.3 is 0 Å². The molecule has 1 fully saturated rings. The largest absolute Gasteiger partial charge is 0.353 e. The summed E-state index contributed by atoms with van der Waals surface area (Å²) in [5.74, 6) is -0.176. The Morgan fingerprint density at radius 3 is 2.45 bits per heavy atom. The van der Waals surface area contributed by atoms with Gasteiger partial charge in [0.1, 0.15) is 12.4 Å². The average Bonchev–Trinajstić information content (AvgIpc) is 3.03. The molecule has 0 spiro atoms. The van der Waals surface area contributed by atoms with Gasteiger partial charge < -0.3 is 9.80 Å². The van der Waals surface area contributed by atoms with Crippen LogP contribution in [0.3, 0.4) is 0 Å². The minimum atomic E-state index is -0.423. The van der Waals surface area contributed by atoms with E-state index in [1.165, 1.54) is 0 Å². The predicted octanol–water partition coefficient (Wildman–Crippen LogP) is 2.94. The number of para-hydroxylation sites is 1. The summed E-state index contributed by atoms with van der Waals surface area (Å²) >= 11 is 3.32. The summed E-state index contributed by atoms with van der Waals surface area (Å²) in [5, 5.41) is 1.09. The summed E-state index contributed by atoms with van der Waals surface area (Å²) < 4.78 is 0.721. The number of benzene rings is 2. The van der Waals surface area contributed by atoms with Crippen molar-refractivity contribution in [2.45, 2.75) is 0 Å². The quantitative estimate of drug-likeness (QED) is 0.541. The maximum atomic E-state index is 12.8. The van der Waals surface area contributed by atoms with E-state index in [1.54, 1.807) is 23.1 Å². The summed E-state index contributed by atoms with van der Waals surface area (Å²) in [4.78, 5) is 47.6. The fourth-order valence-electron chi connectivity index (χ4n) is 4.06. The molecular weight excluding hydrogens is 460 g/mol. The molecule has 1 saturated heterocycles. The highest BCUT2D eigenvalue weighted by atomic mass is 79.9. The number of rotatable bonds is 3. The van der Waals surface area contributed by atoms with Crippen molar-refractivity contribution < 1.29 is 14.4 Å². The molecule has 2 aromatic carbocycles. The lowest BCUT2D eigenvalue weighted by Gasteiger charge is -2.36. The molecule has 156 valence electrons. The van der Waals surface area contributed by atoms with E-state index in [9.17, 15) is 14.4 Å². The number of carbonyl (C=O) groups excluding carboxylic acids is 3. The molecule has 0 radical (unpaired) electrons. The summed E-state index contributed by atoms with van der Waals surface area (Å²) in [5.41, 5.74) is 1.61. The van der Waals surface area contributed by atoms with Gasteiger partial charge in [0, 0.05) is 36.0 Å². The van der Waals surface area contributed by atoms with Crippen LogP contribution in [-0.4, -0.2) is 65.2 Å². The van der Waals surface area contributed by atoms with E-state index in [4.69, 9.17) is 4.98 Å². The van der Waals surface area contributed by atoms with Crippen molar-refractivity contribution >= 4 is 50.4 Å². The van der Waals surface area contributed by atoms with Gasteiger partial charge in [-0.2, -0.15) is 0 Å². The lowest BCUT2D eigenvalue weighted by molar-refractivity contribution is -0.131. The van der Waals surface area contributed by atoms with E-state index < -0.39 is 11.8 Å². The Morgan fingerprint density at radius 2 is 1.65 bits per heavy atom. The van der Waals surface area contributed by atoms with Gasteiger partial charge in [-0.3, -0.25) is 19.3 Å². The Morgan fingerprint density at radius 1 is 0.903 bits per heavy atom. The number of hydrogen-bond acceptors (Lipinski definition) is 5. The number of fused-ring (bicyclic) bond motifs is 2. The number of pyridine rings is 1. The number of hydrogen-bond donors (Lipinski definition) is 0. The first-order valence-electron chi connectivity index (χ1n) is 10.1. The highest BCUT2D eigenvalue weighted by Crippen LogP contribution is 2.26. The molecule has 0 atom stereocenters. The number of piperazine rings is 1. The molecule has 3 aromatic rings. The summed E-state index contributed by atoms with van der Waals surface area (Å²) in [7, 11) is 0. The maximum absolute atomic E-state index is 12.8. The number of amides is 3. The van der Waals surface area contributed by atoms with Crippen LogP contribution >= 0.6 is 15.9 Å². The fourth-order valence-corrected chi connectivity index (χ4v) is 4.42. The third-order valence-electron chi connectivity index (χ3n) is 5.77. The molecule has 0 bridgehead atoms. The zero-order valence-corrected chi connectivity index (χ0v) is 18.2. The molecule has 3 heterocycles. The van der Waals surface area contributed by atoms with E-state index in [0.29, 0.717) is 37.3 Å². The van der Waals surface area contributed by atoms with E-state index in [0.717, 1.165) is 26.1 Å². The lowest BCUT2D eigenvalue weighted by atomic mass is 10.1. The lowest BCUT2D eigenvalue weighted by Crippen LogP contribution is -2.52. The molecule has 0 saturated carbocycles. The molecule has 7 nitrogen and oxygen atoms in total. The summed E-state index contributed by atoms with van der Waals surface area (Å²) in [6.45, 7) is 2.08. The van der Waals surface area contributed by atoms with Crippen LogP contribution in [0.5, 0.6) is 0 Å². The van der Waals surface area contributed by atoms with Crippen molar-refractivity contribution in [1.29, 1.82) is 0 Å². The van der Waals surface area contributed by atoms with Gasteiger partial charge in [0.25, 0.3) is 11.8 Å². The Bertz CT molecular complexity index is 1220. The number of carbonyl (C=O) groups is 3. The smallest absolute Gasteiger partial charge is 0.262 e. The molecule has 31 heavy (non-hydrogen) atoms. The first-order valence-corrected chi connectivity index (χ1v) is 10.8. The van der Waals surface area contributed by atoms with Crippen molar-refractivity contribution in [3.05, 3.63) is 70.2 Å². The first-order chi connectivity index (χ1) is 15.0. The molecule has 0 unspecified atom stereocenters. The second kappa shape index (κ2) is 7.77. The number of halogens is 1. The van der Waals surface area contributed by atoms with Crippen molar-refractivity contribution in [1.82, 2.24) is 14.8 Å². The van der Waals surface area contributed by atoms with Crippen LogP contribution in [0.1, 0.15) is 20.7 Å². The number of imide groups is 1. The fraction of sp³-hybridized carbons (Fsp3) is 0.217. The van der Waals surface area contributed by atoms with E-state index >= 15 is 0 Å². The first kappa shape index (κ1) is 19.7. The second-order valence-electron chi connectivity index (χ2n) is 7.62. The van der Waals surface area contributed by atoms with Crippen LogP contribution in [0.4, 0.5) is 5.82 Å². The van der Waals surface area contributed by atoms with Gasteiger partial charge in [-0.25, -0.2) is 4.98 Å². The van der Waals surface area contributed by atoms with Gasteiger partial charge in [0.2, 0.25) is 5.91 Å².